The van der Waals surface area contributed by atoms with E-state index in [0.29, 0.717) is 11.6 Å². The number of carbonyl (C=O) groups excluding carboxylic acids is 1. The summed E-state index contributed by atoms with van der Waals surface area (Å²) in [7, 11) is 0. The molecule has 2 saturated carbocycles. The number of rotatable bonds is 5. The van der Waals surface area contributed by atoms with Crippen molar-refractivity contribution in [3.8, 4) is 5.75 Å². The Morgan fingerprint density at radius 3 is 2.79 bits per heavy atom. The molecule has 3 rings (SSSR count). The molecule has 2 aliphatic rings. The Bertz CT molecular complexity index is 529. The number of nitrogens with one attached hydrogen (secondary N) is 1. The van der Waals surface area contributed by atoms with Gasteiger partial charge in [0.25, 0.3) is 6.43 Å². The smallest absolute Gasteiger partial charge is 0.272 e. The number of para-hydroxylation sites is 1. The first-order chi connectivity index (χ1) is 9.03. The molecule has 2 aliphatic carbocycles. The number of anilines is 1. The molecule has 19 heavy (non-hydrogen) atoms. The normalized spacial score (nSPS) is 26.8. The van der Waals surface area contributed by atoms with E-state index in [0.717, 1.165) is 12.8 Å². The van der Waals surface area contributed by atoms with Crippen LogP contribution in [0.1, 0.15) is 12.8 Å². The van der Waals surface area contributed by atoms with Gasteiger partial charge in [0.2, 0.25) is 5.91 Å². The van der Waals surface area contributed by atoms with Gasteiger partial charge in [0.05, 0.1) is 16.1 Å². The van der Waals surface area contributed by atoms with Crippen LogP contribution in [-0.4, -0.2) is 18.9 Å². The average molecular weight is 288 g/mol. The average Bonchev–Trinajstić information content (AvgIpc) is 3.16. The minimum absolute atomic E-state index is 0.0679. The lowest BCUT2D eigenvalue weighted by atomic mass is 10.2. The van der Waals surface area contributed by atoms with Crippen LogP contribution in [0.4, 0.5) is 14.5 Å². The maximum absolute atomic E-state index is 12.2. The molecule has 1 amide bonds. The lowest BCUT2D eigenvalue weighted by Gasteiger charge is -2.14. The van der Waals surface area contributed by atoms with Gasteiger partial charge in [-0.3, -0.25) is 4.79 Å². The van der Waals surface area contributed by atoms with E-state index in [1.165, 1.54) is 6.07 Å². The molecular weight excluding hydrogens is 276 g/mol. The number of alkyl halides is 2. The zero-order valence-corrected chi connectivity index (χ0v) is 10.7. The third-order valence-electron chi connectivity index (χ3n) is 3.70. The number of ether oxygens (including phenoxy) is 1. The third-order valence-corrected chi connectivity index (χ3v) is 4.00. The van der Waals surface area contributed by atoms with Crippen molar-refractivity contribution >= 4 is 23.2 Å². The van der Waals surface area contributed by atoms with Crippen molar-refractivity contribution in [3.05, 3.63) is 23.2 Å². The molecule has 0 atom stereocenters. The van der Waals surface area contributed by atoms with Gasteiger partial charge in [0.15, 0.2) is 5.75 Å². The van der Waals surface area contributed by atoms with Crippen molar-refractivity contribution < 1.29 is 18.3 Å². The van der Waals surface area contributed by atoms with E-state index in [-0.39, 0.29) is 22.1 Å². The van der Waals surface area contributed by atoms with Crippen molar-refractivity contribution in [3.63, 3.8) is 0 Å². The molecule has 6 heteroatoms. The summed E-state index contributed by atoms with van der Waals surface area (Å²) in [6.45, 7) is -0.750. The molecule has 1 N–H and O–H groups in total. The monoisotopic (exact) mass is 287 g/mol. The predicted molar refractivity (Wildman–Crippen MR) is 66.7 cm³/mol. The van der Waals surface area contributed by atoms with E-state index in [4.69, 9.17) is 16.3 Å². The SMILES string of the molecule is O=C(Nc1cccc(Cl)c1OCC(F)F)C12CC1C2. The molecule has 0 saturated heterocycles. The Morgan fingerprint density at radius 1 is 1.53 bits per heavy atom. The van der Waals surface area contributed by atoms with Gasteiger partial charge in [0, 0.05) is 0 Å². The summed E-state index contributed by atoms with van der Waals surface area (Å²) in [4.78, 5) is 12.0. The molecule has 0 bridgehead atoms. The van der Waals surface area contributed by atoms with Crippen LogP contribution in [0.25, 0.3) is 0 Å². The predicted octanol–water partition coefficient (Wildman–Crippen LogP) is 3.33. The lowest BCUT2D eigenvalue weighted by molar-refractivity contribution is -0.119. The Morgan fingerprint density at radius 2 is 2.21 bits per heavy atom. The Hall–Kier alpha value is -1.36. The summed E-state index contributed by atoms with van der Waals surface area (Å²) < 4.78 is 29.4. The molecule has 1 aromatic carbocycles. The van der Waals surface area contributed by atoms with E-state index in [1.54, 1.807) is 12.1 Å². The fourth-order valence-electron chi connectivity index (χ4n) is 2.22. The molecule has 0 spiro atoms. The van der Waals surface area contributed by atoms with E-state index >= 15 is 0 Å². The second-order valence-corrected chi connectivity index (χ2v) is 5.44. The molecule has 0 heterocycles. The van der Waals surface area contributed by atoms with Gasteiger partial charge in [-0.15, -0.1) is 0 Å². The Balaban J connectivity index is 1.75. The van der Waals surface area contributed by atoms with Gasteiger partial charge < -0.3 is 10.1 Å². The number of benzene rings is 1. The molecule has 1 aromatic rings. The molecule has 0 radical (unpaired) electrons. The molecule has 0 unspecified atom stereocenters. The Kier molecular flexibility index (Phi) is 2.89. The van der Waals surface area contributed by atoms with Gasteiger partial charge in [-0.2, -0.15) is 0 Å². The zero-order chi connectivity index (χ0) is 13.6. The fraction of sp³-hybridized carbons (Fsp3) is 0.462. The highest BCUT2D eigenvalue weighted by Gasteiger charge is 2.74. The molecule has 102 valence electrons. The number of carbonyl (C=O) groups is 1. The van der Waals surface area contributed by atoms with Crippen LogP contribution < -0.4 is 10.1 Å². The van der Waals surface area contributed by atoms with E-state index < -0.39 is 13.0 Å². The first kappa shape index (κ1) is 12.7. The van der Waals surface area contributed by atoms with Crippen LogP contribution in [0.15, 0.2) is 18.2 Å². The number of amides is 1. The summed E-state index contributed by atoms with van der Waals surface area (Å²) in [5.41, 5.74) is 0.160. The van der Waals surface area contributed by atoms with Gasteiger partial charge in [-0.1, -0.05) is 17.7 Å². The summed E-state index contributed by atoms with van der Waals surface area (Å²) in [6.07, 6.45) is -0.742. The highest BCUT2D eigenvalue weighted by molar-refractivity contribution is 6.32. The largest absolute Gasteiger partial charge is 0.484 e. The highest BCUT2D eigenvalue weighted by Crippen LogP contribution is 2.75. The second-order valence-electron chi connectivity index (χ2n) is 5.03. The summed E-state index contributed by atoms with van der Waals surface area (Å²) in [5.74, 6) is 0.547. The second kappa shape index (κ2) is 4.34. The summed E-state index contributed by atoms with van der Waals surface area (Å²) in [6, 6.07) is 4.77. The topological polar surface area (TPSA) is 38.3 Å². The van der Waals surface area contributed by atoms with Crippen molar-refractivity contribution in [2.45, 2.75) is 19.3 Å². The summed E-state index contributed by atoms with van der Waals surface area (Å²) in [5, 5.41) is 2.93. The van der Waals surface area contributed by atoms with Crippen LogP contribution in [-0.2, 0) is 4.79 Å². The molecule has 3 nitrogen and oxygen atoms in total. The third kappa shape index (κ3) is 2.27. The van der Waals surface area contributed by atoms with Crippen molar-refractivity contribution in [1.29, 1.82) is 0 Å². The van der Waals surface area contributed by atoms with Gasteiger partial charge >= 0.3 is 0 Å². The van der Waals surface area contributed by atoms with Gasteiger partial charge in [0.1, 0.15) is 6.61 Å². The van der Waals surface area contributed by atoms with Crippen LogP contribution in [0.3, 0.4) is 0 Å². The zero-order valence-electron chi connectivity index (χ0n) is 9.96. The molecule has 0 aliphatic heterocycles. The number of halogens is 3. The van der Waals surface area contributed by atoms with E-state index in [2.05, 4.69) is 5.32 Å². The minimum Gasteiger partial charge on any atom is -0.484 e. The maximum Gasteiger partial charge on any atom is 0.272 e. The Labute approximate surface area is 113 Å². The molecule has 2 fully saturated rings. The highest BCUT2D eigenvalue weighted by atomic mass is 35.5. The maximum atomic E-state index is 12.2. The fourth-order valence-corrected chi connectivity index (χ4v) is 2.45. The molecule has 0 aromatic heterocycles. The number of hydrogen-bond acceptors (Lipinski definition) is 2. The quantitative estimate of drug-likeness (QED) is 0.902. The summed E-state index contributed by atoms with van der Waals surface area (Å²) >= 11 is 5.92. The van der Waals surface area contributed by atoms with E-state index in [1.807, 2.05) is 0 Å². The molecular formula is C13H12ClF2NO2. The van der Waals surface area contributed by atoms with Crippen molar-refractivity contribution in [2.24, 2.45) is 11.3 Å². The first-order valence-electron chi connectivity index (χ1n) is 6.04. The van der Waals surface area contributed by atoms with Gasteiger partial charge in [-0.05, 0) is 30.9 Å². The minimum atomic E-state index is -2.59. The lowest BCUT2D eigenvalue weighted by Crippen LogP contribution is -2.19. The van der Waals surface area contributed by atoms with E-state index in [9.17, 15) is 13.6 Å². The van der Waals surface area contributed by atoms with Crippen LogP contribution in [0.2, 0.25) is 5.02 Å². The van der Waals surface area contributed by atoms with Crippen LogP contribution in [0.5, 0.6) is 5.75 Å². The van der Waals surface area contributed by atoms with Gasteiger partial charge in [-0.25, -0.2) is 8.78 Å². The number of hydrogen-bond donors (Lipinski definition) is 1. The van der Waals surface area contributed by atoms with Crippen molar-refractivity contribution in [1.82, 2.24) is 0 Å². The standard InChI is InChI=1S/C13H12ClF2NO2/c14-8-2-1-3-9(11(8)19-6-10(15)16)17-12(18)13-4-7(13)5-13/h1-3,7,10H,4-6H2,(H,17,18). The van der Waals surface area contributed by atoms with Crippen molar-refractivity contribution in [2.75, 3.05) is 11.9 Å². The first-order valence-corrected chi connectivity index (χ1v) is 6.41. The number of fused-ring (bicyclic) bond motifs is 1. The van der Waals surface area contributed by atoms with Crippen LogP contribution >= 0.6 is 11.6 Å². The van der Waals surface area contributed by atoms with Crippen LogP contribution in [0, 0.1) is 11.3 Å².